The van der Waals surface area contributed by atoms with Crippen LogP contribution in [-0.2, 0) is 42.9 Å². The summed E-state index contributed by atoms with van der Waals surface area (Å²) in [7, 11) is 1.89. The van der Waals surface area contributed by atoms with Crippen LogP contribution in [0.3, 0.4) is 0 Å². The topological polar surface area (TPSA) is 63.5 Å². The van der Waals surface area contributed by atoms with Crippen LogP contribution in [0.25, 0.3) is 0 Å². The van der Waals surface area contributed by atoms with Crippen molar-refractivity contribution in [3.8, 4) is 0 Å². The first-order valence-corrected chi connectivity index (χ1v) is 13.4. The second kappa shape index (κ2) is 9.75. The second-order valence-corrected chi connectivity index (χ2v) is 11.4. The van der Waals surface area contributed by atoms with Gasteiger partial charge in [-0.2, -0.15) is 13.2 Å². The SMILES string of the molecule is C[12C@@H]1CCN(Cc2cc3c(c(C(F)(F)F)c2)CN(c2cccc(C4(Cc5nncn5C)COC4)c2)C3=O)C[12CH2]1. The third-order valence-electron chi connectivity index (χ3n) is 8.52. The lowest BCUT2D eigenvalue weighted by Gasteiger charge is -2.42. The molecule has 3 aromatic rings. The summed E-state index contributed by atoms with van der Waals surface area (Å²) in [5.41, 5.74) is 1.24. The lowest BCUT2D eigenvalue weighted by Crippen LogP contribution is -2.49. The van der Waals surface area contributed by atoms with E-state index in [4.69, 9.17) is 4.74 Å². The Balaban J connectivity index is 1.30. The molecule has 2 saturated heterocycles. The number of anilines is 1. The summed E-state index contributed by atoms with van der Waals surface area (Å²) in [6, 6.07) is 10.4. The van der Waals surface area contributed by atoms with Gasteiger partial charge in [0.1, 0.15) is 12.2 Å². The van der Waals surface area contributed by atoms with Crippen LogP contribution in [-0.4, -0.2) is 51.9 Å². The van der Waals surface area contributed by atoms with E-state index in [1.807, 2.05) is 29.8 Å². The minimum absolute atomic E-state index is 0.0506. The summed E-state index contributed by atoms with van der Waals surface area (Å²) in [6.45, 7) is 5.20. The molecule has 3 aliphatic rings. The summed E-state index contributed by atoms with van der Waals surface area (Å²) in [4.78, 5) is 17.3. The maximum Gasteiger partial charge on any atom is 0.416 e. The van der Waals surface area contributed by atoms with E-state index < -0.39 is 17.6 Å². The third kappa shape index (κ3) is 4.84. The zero-order valence-corrected chi connectivity index (χ0v) is 22.2. The highest BCUT2D eigenvalue weighted by molar-refractivity contribution is 6.10. The zero-order chi connectivity index (χ0) is 27.4. The van der Waals surface area contributed by atoms with Crippen LogP contribution in [0.1, 0.15) is 58.2 Å². The van der Waals surface area contributed by atoms with Crippen LogP contribution >= 0.6 is 0 Å². The molecule has 0 radical (unpaired) electrons. The van der Waals surface area contributed by atoms with E-state index in [0.717, 1.165) is 37.3 Å². The van der Waals surface area contributed by atoms with E-state index in [1.165, 1.54) is 11.0 Å². The second-order valence-electron chi connectivity index (χ2n) is 11.4. The minimum atomic E-state index is -4.54. The van der Waals surface area contributed by atoms with Crippen molar-refractivity contribution in [1.82, 2.24) is 19.7 Å². The number of benzene rings is 2. The Morgan fingerprint density at radius 1 is 1.13 bits per heavy atom. The molecular weight excluding hydrogens is 507 g/mol. The number of aryl methyl sites for hydroxylation is 1. The summed E-state index contributed by atoms with van der Waals surface area (Å²) in [5, 5.41) is 8.19. The third-order valence-corrected chi connectivity index (χ3v) is 8.52. The molecule has 0 unspecified atom stereocenters. The predicted octanol–water partition coefficient (Wildman–Crippen LogP) is 4.74. The summed E-state index contributed by atoms with van der Waals surface area (Å²) >= 11 is 0. The molecule has 0 saturated carbocycles. The van der Waals surface area contributed by atoms with Crippen molar-refractivity contribution < 1.29 is 22.7 Å². The molecule has 0 N–H and O–H groups in total. The fraction of sp³-hybridized carbons (Fsp3) is 0.483. The van der Waals surface area contributed by atoms with E-state index in [2.05, 4.69) is 22.0 Å². The number of nitrogens with zero attached hydrogens (tertiary/aromatic N) is 5. The number of piperidine rings is 1. The van der Waals surface area contributed by atoms with Crippen molar-refractivity contribution >= 4 is 11.6 Å². The van der Waals surface area contributed by atoms with Gasteiger partial charge in [-0.25, -0.2) is 0 Å². The number of fused-ring (bicyclic) bond motifs is 1. The maximum atomic E-state index is 14.2. The Bertz CT molecular complexity index is 1390. The van der Waals surface area contributed by atoms with Gasteiger partial charge < -0.3 is 14.2 Å². The van der Waals surface area contributed by atoms with E-state index in [9.17, 15) is 18.0 Å². The fourth-order valence-corrected chi connectivity index (χ4v) is 5.99. The van der Waals surface area contributed by atoms with Crippen molar-refractivity contribution in [3.63, 3.8) is 0 Å². The molecule has 4 heterocycles. The van der Waals surface area contributed by atoms with Crippen LogP contribution in [0.2, 0.25) is 0 Å². The van der Waals surface area contributed by atoms with E-state index in [1.54, 1.807) is 18.5 Å². The van der Waals surface area contributed by atoms with Gasteiger partial charge in [-0.1, -0.05) is 19.1 Å². The average Bonchev–Trinajstić information content (AvgIpc) is 3.44. The van der Waals surface area contributed by atoms with E-state index >= 15 is 0 Å². The van der Waals surface area contributed by atoms with Crippen molar-refractivity contribution in [2.45, 2.75) is 50.9 Å². The number of carbonyl (C=O) groups is 1. The zero-order valence-electron chi connectivity index (χ0n) is 22.2. The average molecular weight is 540 g/mol. The van der Waals surface area contributed by atoms with Crippen molar-refractivity contribution in [2.75, 3.05) is 31.2 Å². The lowest BCUT2D eigenvalue weighted by atomic mass is 9.75. The highest BCUT2D eigenvalue weighted by Crippen LogP contribution is 2.42. The predicted molar refractivity (Wildman–Crippen MR) is 139 cm³/mol. The van der Waals surface area contributed by atoms with Gasteiger partial charge in [0.25, 0.3) is 5.91 Å². The number of hydrogen-bond acceptors (Lipinski definition) is 5. The first kappa shape index (κ1) is 26.0. The van der Waals surface area contributed by atoms with Crippen LogP contribution in [0.15, 0.2) is 42.7 Å². The number of carbonyl (C=O) groups excluding carboxylic acids is 1. The number of hydrogen-bond donors (Lipinski definition) is 0. The van der Waals surface area contributed by atoms with Gasteiger partial charge in [0.05, 0.1) is 25.3 Å². The summed E-state index contributed by atoms with van der Waals surface area (Å²) in [6.07, 6.45) is -0.222. The van der Waals surface area contributed by atoms with Crippen LogP contribution in [0.5, 0.6) is 0 Å². The summed E-state index contributed by atoms with van der Waals surface area (Å²) in [5.74, 6) is 1.05. The number of likely N-dealkylation sites (tertiary alicyclic amines) is 1. The molecule has 10 heteroatoms. The number of amides is 1. The molecule has 1 amide bonds. The highest BCUT2D eigenvalue weighted by Gasteiger charge is 2.43. The Kier molecular flexibility index (Phi) is 6.50. The van der Waals surface area contributed by atoms with Gasteiger partial charge in [-0.3, -0.25) is 9.69 Å². The monoisotopic (exact) mass is 539 g/mol. The number of halogens is 3. The smallest absolute Gasteiger partial charge is 0.379 e. The number of rotatable bonds is 6. The van der Waals surface area contributed by atoms with Gasteiger partial charge in [-0.15, -0.1) is 10.2 Å². The van der Waals surface area contributed by atoms with Crippen LogP contribution in [0, 0.1) is 5.92 Å². The maximum absolute atomic E-state index is 14.2. The Hall–Kier alpha value is -3.24. The molecule has 2 fully saturated rings. The standard InChI is InChI=1S/C29H32F3N5O2/c1-19-6-8-36(9-7-19)14-20-10-23-24(25(11-20)29(30,31)32)15-37(27(23)38)22-5-3-4-21(12-22)28(16-39-17-28)13-26-34-33-18-35(26)2/h3-5,10-12,18-19H,6-9,13-17H2,1-2H3/i6+0,19+0/t19-/m0/s1. The summed E-state index contributed by atoms with van der Waals surface area (Å²) < 4.78 is 50.1. The van der Waals surface area contributed by atoms with E-state index in [-0.39, 0.29) is 23.1 Å². The van der Waals surface area contributed by atoms with Gasteiger partial charge >= 0.3 is 6.18 Å². The molecule has 1 aromatic heterocycles. The van der Waals surface area contributed by atoms with Crippen molar-refractivity contribution in [2.24, 2.45) is 13.0 Å². The van der Waals surface area contributed by atoms with Crippen molar-refractivity contribution in [3.05, 3.63) is 76.4 Å². The Morgan fingerprint density at radius 3 is 2.54 bits per heavy atom. The van der Waals surface area contributed by atoms with Gasteiger partial charge in [0.15, 0.2) is 0 Å². The molecule has 0 spiro atoms. The Morgan fingerprint density at radius 2 is 1.90 bits per heavy atom. The molecule has 7 nitrogen and oxygen atoms in total. The molecule has 2 aromatic carbocycles. The lowest BCUT2D eigenvalue weighted by molar-refractivity contribution is -0.138. The first-order valence-electron chi connectivity index (χ1n) is 13.4. The van der Waals surface area contributed by atoms with Crippen LogP contribution in [0.4, 0.5) is 18.9 Å². The molecular formula is C29H32F3N5O2. The fourth-order valence-electron chi connectivity index (χ4n) is 5.99. The van der Waals surface area contributed by atoms with Gasteiger partial charge in [-0.05, 0) is 72.8 Å². The largest absolute Gasteiger partial charge is 0.416 e. The molecule has 1 atom stereocenters. The van der Waals surface area contributed by atoms with Crippen molar-refractivity contribution in [1.29, 1.82) is 0 Å². The first-order chi connectivity index (χ1) is 18.6. The minimum Gasteiger partial charge on any atom is -0.379 e. The van der Waals surface area contributed by atoms with Crippen LogP contribution < -0.4 is 4.90 Å². The van der Waals surface area contributed by atoms with E-state index in [0.29, 0.717) is 43.3 Å². The molecule has 0 aliphatic carbocycles. The highest BCUT2D eigenvalue weighted by atomic mass is 19.4. The van der Waals surface area contributed by atoms with Gasteiger partial charge in [0, 0.05) is 36.7 Å². The van der Waals surface area contributed by atoms with Gasteiger partial charge in [0.2, 0.25) is 0 Å². The molecule has 3 aliphatic heterocycles. The normalized spacial score (nSPS) is 21.2. The molecule has 39 heavy (non-hydrogen) atoms. The number of alkyl halides is 3. The molecule has 0 bridgehead atoms. The quantitative estimate of drug-likeness (QED) is 0.453. The molecule has 6 rings (SSSR count). The Labute approximate surface area is 225 Å². The number of aromatic nitrogens is 3. The molecule has 206 valence electrons. The number of ether oxygens (including phenoxy) is 1.